The largest absolute Gasteiger partial charge is 0.464 e. The molecule has 0 atom stereocenters. The molecule has 8 nitrogen and oxygen atoms in total. The fraction of sp³-hybridized carbons (Fsp3) is 0.0435. The first-order chi connectivity index (χ1) is 15.5. The van der Waals surface area contributed by atoms with Crippen LogP contribution in [0.1, 0.15) is 20.9 Å². The second-order valence-corrected chi connectivity index (χ2v) is 8.14. The lowest BCUT2D eigenvalue weighted by Crippen LogP contribution is -2.12. The third-order valence-electron chi connectivity index (χ3n) is 5.08. The second-order valence-electron chi connectivity index (χ2n) is 7.14. The van der Waals surface area contributed by atoms with Crippen molar-refractivity contribution in [2.24, 2.45) is 0 Å². The van der Waals surface area contributed by atoms with Crippen molar-refractivity contribution in [1.29, 1.82) is 5.26 Å². The smallest absolute Gasteiger partial charge is 0.267 e. The summed E-state index contributed by atoms with van der Waals surface area (Å²) in [6.07, 6.45) is 1.49. The van der Waals surface area contributed by atoms with Crippen LogP contribution in [0.3, 0.4) is 0 Å². The molecule has 5 aromatic rings. The van der Waals surface area contributed by atoms with E-state index in [0.717, 1.165) is 27.9 Å². The van der Waals surface area contributed by atoms with Crippen LogP contribution >= 0.6 is 11.3 Å². The Bertz CT molecular complexity index is 1560. The van der Waals surface area contributed by atoms with E-state index in [9.17, 15) is 10.1 Å². The van der Waals surface area contributed by atoms with Gasteiger partial charge in [-0.2, -0.15) is 5.26 Å². The van der Waals surface area contributed by atoms with Crippen LogP contribution in [0.25, 0.3) is 32.4 Å². The summed E-state index contributed by atoms with van der Waals surface area (Å²) >= 11 is 1.11. The molecule has 0 saturated carbocycles. The van der Waals surface area contributed by atoms with Crippen molar-refractivity contribution in [3.63, 3.8) is 0 Å². The van der Waals surface area contributed by atoms with E-state index >= 15 is 0 Å². The molecule has 9 heteroatoms. The number of rotatable bonds is 3. The van der Waals surface area contributed by atoms with E-state index in [-0.39, 0.29) is 27.9 Å². The monoisotopic (exact) mass is 440 g/mol. The Balaban J connectivity index is 1.67. The summed E-state index contributed by atoms with van der Waals surface area (Å²) in [6, 6.07) is 14.8. The van der Waals surface area contributed by atoms with E-state index in [2.05, 4.69) is 21.4 Å². The van der Waals surface area contributed by atoms with E-state index in [1.54, 1.807) is 12.1 Å². The van der Waals surface area contributed by atoms with Crippen LogP contribution in [-0.4, -0.2) is 15.9 Å². The minimum Gasteiger partial charge on any atom is -0.464 e. The molecule has 4 heterocycles. The number of carbonyl (C=O) groups excluding carboxylic acids is 1. The number of furan rings is 1. The first-order valence-electron chi connectivity index (χ1n) is 9.61. The third kappa shape index (κ3) is 3.02. The number of anilines is 3. The molecule has 0 radical (unpaired) electrons. The Morgan fingerprint density at radius 3 is 2.75 bits per heavy atom. The molecular formula is C23H16N6O2S. The highest BCUT2D eigenvalue weighted by Gasteiger charge is 2.25. The van der Waals surface area contributed by atoms with Gasteiger partial charge in [-0.3, -0.25) is 9.78 Å². The number of thiophene rings is 1. The number of pyridine rings is 2. The quantitative estimate of drug-likeness (QED) is 0.369. The predicted octanol–water partition coefficient (Wildman–Crippen LogP) is 4.70. The van der Waals surface area contributed by atoms with Crippen molar-refractivity contribution in [3.8, 4) is 17.4 Å². The lowest BCUT2D eigenvalue weighted by atomic mass is 10.0. The molecule has 1 aromatic carbocycles. The number of nitrogens with two attached hydrogens (primary N) is 2. The highest BCUT2D eigenvalue weighted by Crippen LogP contribution is 2.43. The number of fused-ring (bicyclic) bond motifs is 2. The first-order valence-corrected chi connectivity index (χ1v) is 10.4. The van der Waals surface area contributed by atoms with Crippen LogP contribution in [0.15, 0.2) is 53.1 Å². The second kappa shape index (κ2) is 7.37. The Labute approximate surface area is 186 Å². The van der Waals surface area contributed by atoms with Crippen LogP contribution < -0.4 is 16.8 Å². The van der Waals surface area contributed by atoms with E-state index in [4.69, 9.17) is 15.9 Å². The lowest BCUT2D eigenvalue weighted by Gasteiger charge is -2.09. The molecule has 0 aliphatic carbocycles. The standard InChI is InChI=1S/C23H16N6O2S/c1-11-9-15(12-5-2-3-6-14(12)27-11)28-22(30)20-19(25)18-17(16-7-4-8-31-16)13(10-24)21(26)29-23(18)32-20/h2-9H,25H2,1H3,(H2,26,29)(H,27,28,30). The van der Waals surface area contributed by atoms with Gasteiger partial charge in [-0.05, 0) is 31.2 Å². The molecule has 0 unspecified atom stereocenters. The molecule has 0 bridgehead atoms. The van der Waals surface area contributed by atoms with Crippen molar-refractivity contribution in [2.75, 3.05) is 16.8 Å². The number of nitrogens with zero attached hydrogens (tertiary/aromatic N) is 3. The molecule has 0 fully saturated rings. The minimum absolute atomic E-state index is 0.0513. The fourth-order valence-corrected chi connectivity index (χ4v) is 4.72. The first kappa shape index (κ1) is 19.5. The van der Waals surface area contributed by atoms with Gasteiger partial charge in [0.15, 0.2) is 0 Å². The van der Waals surface area contributed by atoms with Crippen LogP contribution in [0.5, 0.6) is 0 Å². The molecule has 0 saturated heterocycles. The zero-order valence-corrected chi connectivity index (χ0v) is 17.7. The SMILES string of the molecule is Cc1cc(NC(=O)c2sc3nc(N)c(C#N)c(-c4ccco4)c3c2N)c2ccccc2n1. The molecular weight excluding hydrogens is 424 g/mol. The van der Waals surface area contributed by atoms with Crippen molar-refractivity contribution in [2.45, 2.75) is 6.92 Å². The van der Waals surface area contributed by atoms with Crippen molar-refractivity contribution >= 4 is 55.6 Å². The maximum Gasteiger partial charge on any atom is 0.267 e. The number of hydrogen-bond acceptors (Lipinski definition) is 8. The lowest BCUT2D eigenvalue weighted by molar-refractivity contribution is 0.103. The van der Waals surface area contributed by atoms with E-state index in [1.807, 2.05) is 37.3 Å². The van der Waals surface area contributed by atoms with E-state index < -0.39 is 0 Å². The molecule has 5 rings (SSSR count). The van der Waals surface area contributed by atoms with Gasteiger partial charge < -0.3 is 21.2 Å². The van der Waals surface area contributed by atoms with Gasteiger partial charge in [0.1, 0.15) is 32.9 Å². The maximum atomic E-state index is 13.2. The van der Waals surface area contributed by atoms with Gasteiger partial charge in [-0.25, -0.2) is 4.98 Å². The summed E-state index contributed by atoms with van der Waals surface area (Å²) < 4.78 is 5.51. The third-order valence-corrected chi connectivity index (χ3v) is 6.18. The summed E-state index contributed by atoms with van der Waals surface area (Å²) in [6.45, 7) is 1.86. The van der Waals surface area contributed by atoms with Gasteiger partial charge in [-0.1, -0.05) is 18.2 Å². The number of nitrogens with one attached hydrogen (secondary N) is 1. The maximum absolute atomic E-state index is 13.2. The van der Waals surface area contributed by atoms with Gasteiger partial charge in [0, 0.05) is 16.5 Å². The van der Waals surface area contributed by atoms with Gasteiger partial charge in [0.25, 0.3) is 5.91 Å². The van der Waals surface area contributed by atoms with Crippen molar-refractivity contribution < 1.29 is 9.21 Å². The number of amides is 1. The number of benzene rings is 1. The number of carbonyl (C=O) groups is 1. The summed E-state index contributed by atoms with van der Waals surface area (Å²) in [5.74, 6) is 0.0898. The van der Waals surface area contributed by atoms with Gasteiger partial charge in [0.05, 0.1) is 28.7 Å². The van der Waals surface area contributed by atoms with E-state index in [0.29, 0.717) is 27.2 Å². The van der Waals surface area contributed by atoms with Gasteiger partial charge in [-0.15, -0.1) is 11.3 Å². The number of aromatic nitrogens is 2. The summed E-state index contributed by atoms with van der Waals surface area (Å²) in [5, 5.41) is 13.9. The molecule has 1 amide bonds. The number of hydrogen-bond donors (Lipinski definition) is 3. The highest BCUT2D eigenvalue weighted by molar-refractivity contribution is 7.21. The number of aryl methyl sites for hydroxylation is 1. The number of para-hydroxylation sites is 1. The summed E-state index contributed by atoms with van der Waals surface area (Å²) in [5.41, 5.74) is 15.4. The van der Waals surface area contributed by atoms with Crippen LogP contribution in [0.4, 0.5) is 17.2 Å². The topological polar surface area (TPSA) is 144 Å². The van der Waals surface area contributed by atoms with Gasteiger partial charge >= 0.3 is 0 Å². The Kier molecular flexibility index (Phi) is 4.50. The highest BCUT2D eigenvalue weighted by atomic mass is 32.1. The molecule has 32 heavy (non-hydrogen) atoms. The molecule has 0 spiro atoms. The molecule has 4 aromatic heterocycles. The normalized spacial score (nSPS) is 11.0. The van der Waals surface area contributed by atoms with Crippen molar-refractivity contribution in [3.05, 3.63) is 64.9 Å². The molecule has 0 aliphatic heterocycles. The zero-order chi connectivity index (χ0) is 22.4. The van der Waals surface area contributed by atoms with Crippen molar-refractivity contribution in [1.82, 2.24) is 9.97 Å². The number of nitriles is 1. The predicted molar refractivity (Wildman–Crippen MR) is 125 cm³/mol. The van der Waals surface area contributed by atoms with Crippen LogP contribution in [0.2, 0.25) is 0 Å². The molecule has 0 aliphatic rings. The van der Waals surface area contributed by atoms with Crippen LogP contribution in [0, 0.1) is 18.3 Å². The number of nitrogen functional groups attached to an aromatic ring is 2. The van der Waals surface area contributed by atoms with Crippen LogP contribution in [-0.2, 0) is 0 Å². The average Bonchev–Trinajstić information content (AvgIpc) is 3.41. The van der Waals surface area contributed by atoms with Gasteiger partial charge in [0.2, 0.25) is 0 Å². The Morgan fingerprint density at radius 1 is 1.19 bits per heavy atom. The summed E-state index contributed by atoms with van der Waals surface area (Å²) in [7, 11) is 0. The molecule has 156 valence electrons. The van der Waals surface area contributed by atoms with E-state index in [1.165, 1.54) is 6.26 Å². The summed E-state index contributed by atoms with van der Waals surface area (Å²) in [4.78, 5) is 22.8. The fourth-order valence-electron chi connectivity index (χ4n) is 3.71. The zero-order valence-electron chi connectivity index (χ0n) is 16.8. The Morgan fingerprint density at radius 2 is 2.00 bits per heavy atom. The average molecular weight is 440 g/mol. The minimum atomic E-state index is -0.385. The molecule has 5 N–H and O–H groups in total. The Hall–Kier alpha value is -4.42.